The van der Waals surface area contributed by atoms with E-state index >= 15 is 0 Å². The number of benzene rings is 3. The van der Waals surface area contributed by atoms with E-state index in [9.17, 15) is 14.4 Å². The van der Waals surface area contributed by atoms with Crippen molar-refractivity contribution < 1.29 is 14.4 Å². The number of nitrogens with zero attached hydrogens (tertiary/aromatic N) is 2. The van der Waals surface area contributed by atoms with Crippen molar-refractivity contribution in [3.05, 3.63) is 107 Å². The molecule has 0 unspecified atom stereocenters. The molecule has 0 spiro atoms. The molecule has 3 heterocycles. The van der Waals surface area contributed by atoms with Gasteiger partial charge in [-0.05, 0) is 54.2 Å². The lowest BCUT2D eigenvalue weighted by molar-refractivity contribution is 0.0641. The van der Waals surface area contributed by atoms with E-state index in [1.54, 1.807) is 18.2 Å². The molecule has 3 amide bonds. The summed E-state index contributed by atoms with van der Waals surface area (Å²) >= 11 is 0. The summed E-state index contributed by atoms with van der Waals surface area (Å²) in [5, 5.41) is 1.25. The van der Waals surface area contributed by atoms with E-state index in [0.717, 1.165) is 23.9 Å². The van der Waals surface area contributed by atoms with E-state index in [-0.39, 0.29) is 24.3 Å². The molecule has 3 aromatic carbocycles. The fourth-order valence-electron chi connectivity index (χ4n) is 5.34. The number of imide groups is 1. The number of likely N-dealkylation sites (tertiary alicyclic amines) is 1. The van der Waals surface area contributed by atoms with Crippen molar-refractivity contribution in [1.29, 1.82) is 0 Å². The van der Waals surface area contributed by atoms with Crippen LogP contribution in [0.3, 0.4) is 0 Å². The van der Waals surface area contributed by atoms with Crippen molar-refractivity contribution in [2.75, 3.05) is 13.1 Å². The number of hydrogen-bond acceptors (Lipinski definition) is 3. The molecule has 1 N–H and O–H groups in total. The van der Waals surface area contributed by atoms with Crippen LogP contribution in [0.25, 0.3) is 10.9 Å². The Morgan fingerprint density at radius 1 is 0.857 bits per heavy atom. The van der Waals surface area contributed by atoms with E-state index in [2.05, 4.69) is 29.4 Å². The fourth-order valence-corrected chi connectivity index (χ4v) is 5.34. The van der Waals surface area contributed by atoms with Crippen molar-refractivity contribution in [2.24, 2.45) is 0 Å². The normalized spacial score (nSPS) is 16.2. The van der Waals surface area contributed by atoms with Crippen LogP contribution < -0.4 is 0 Å². The van der Waals surface area contributed by atoms with Crippen molar-refractivity contribution in [3.8, 4) is 0 Å². The molecule has 6 nitrogen and oxygen atoms in total. The van der Waals surface area contributed by atoms with Gasteiger partial charge in [-0.1, -0.05) is 48.5 Å². The first kappa shape index (κ1) is 21.4. The third kappa shape index (κ3) is 3.71. The Labute approximate surface area is 203 Å². The highest BCUT2D eigenvalue weighted by atomic mass is 16.2. The largest absolute Gasteiger partial charge is 0.361 e. The molecule has 2 aliphatic heterocycles. The van der Waals surface area contributed by atoms with Gasteiger partial charge in [0.15, 0.2) is 0 Å². The number of rotatable bonds is 4. The average Bonchev–Trinajstić information content (AvgIpc) is 3.44. The molecule has 1 saturated heterocycles. The van der Waals surface area contributed by atoms with Gasteiger partial charge in [0.05, 0.1) is 17.7 Å². The zero-order chi connectivity index (χ0) is 23.9. The molecule has 6 rings (SSSR count). The SMILES string of the molecule is O=C(c1ccc2c(c1)C(=O)N(Cc1ccccc1)C2=O)N1CCC(c2c[nH]c3ccccc23)CC1. The number of piperidine rings is 1. The number of para-hydroxylation sites is 1. The Balaban J connectivity index is 1.16. The number of aromatic nitrogens is 1. The molecule has 2 aliphatic rings. The first-order chi connectivity index (χ1) is 17.1. The lowest BCUT2D eigenvalue weighted by atomic mass is 9.89. The highest BCUT2D eigenvalue weighted by molar-refractivity contribution is 6.22. The number of carbonyl (C=O) groups is 3. The number of H-pyrrole nitrogens is 1. The number of aromatic amines is 1. The van der Waals surface area contributed by atoms with Crippen molar-refractivity contribution in [3.63, 3.8) is 0 Å². The Morgan fingerprint density at radius 3 is 2.37 bits per heavy atom. The topological polar surface area (TPSA) is 73.5 Å². The number of carbonyl (C=O) groups excluding carboxylic acids is 3. The quantitative estimate of drug-likeness (QED) is 0.434. The van der Waals surface area contributed by atoms with Gasteiger partial charge in [0.2, 0.25) is 0 Å². The smallest absolute Gasteiger partial charge is 0.261 e. The van der Waals surface area contributed by atoms with Crippen LogP contribution in [0.15, 0.2) is 79.0 Å². The number of fused-ring (bicyclic) bond motifs is 2. The molecule has 4 aromatic rings. The lowest BCUT2D eigenvalue weighted by Crippen LogP contribution is -2.38. The second-order valence-corrected chi connectivity index (χ2v) is 9.30. The molecule has 6 heteroatoms. The Hall–Kier alpha value is -4.19. The number of hydrogen-bond donors (Lipinski definition) is 1. The molecular formula is C29H25N3O3. The third-order valence-corrected chi connectivity index (χ3v) is 7.24. The van der Waals surface area contributed by atoms with Gasteiger partial charge in [0.1, 0.15) is 0 Å². The maximum atomic E-state index is 13.3. The van der Waals surface area contributed by atoms with Crippen LogP contribution in [-0.4, -0.2) is 45.6 Å². The van der Waals surface area contributed by atoms with Crippen LogP contribution in [0.4, 0.5) is 0 Å². The zero-order valence-corrected chi connectivity index (χ0v) is 19.2. The van der Waals surface area contributed by atoms with E-state index < -0.39 is 0 Å². The van der Waals surface area contributed by atoms with Gasteiger partial charge in [-0.3, -0.25) is 19.3 Å². The van der Waals surface area contributed by atoms with Gasteiger partial charge in [0, 0.05) is 35.8 Å². The van der Waals surface area contributed by atoms with Crippen LogP contribution in [0.5, 0.6) is 0 Å². The summed E-state index contributed by atoms with van der Waals surface area (Å²) in [6, 6.07) is 22.6. The molecule has 174 valence electrons. The van der Waals surface area contributed by atoms with Crippen LogP contribution in [0.1, 0.15) is 61.0 Å². The molecule has 0 saturated carbocycles. The van der Waals surface area contributed by atoms with Gasteiger partial charge in [-0.25, -0.2) is 0 Å². The van der Waals surface area contributed by atoms with Gasteiger partial charge in [0.25, 0.3) is 17.7 Å². The highest BCUT2D eigenvalue weighted by Gasteiger charge is 2.36. The minimum Gasteiger partial charge on any atom is -0.361 e. The maximum Gasteiger partial charge on any atom is 0.261 e. The Morgan fingerprint density at radius 2 is 1.57 bits per heavy atom. The highest BCUT2D eigenvalue weighted by Crippen LogP contribution is 2.34. The fraction of sp³-hybridized carbons (Fsp3) is 0.207. The summed E-state index contributed by atoms with van der Waals surface area (Å²) in [6.45, 7) is 1.54. The van der Waals surface area contributed by atoms with Crippen molar-refractivity contribution >= 4 is 28.6 Å². The number of amides is 3. The first-order valence-corrected chi connectivity index (χ1v) is 12.0. The molecule has 0 radical (unpaired) electrons. The van der Waals surface area contributed by atoms with Crippen LogP contribution >= 0.6 is 0 Å². The molecule has 0 aliphatic carbocycles. The predicted molar refractivity (Wildman–Crippen MR) is 133 cm³/mol. The monoisotopic (exact) mass is 463 g/mol. The maximum absolute atomic E-state index is 13.3. The van der Waals surface area contributed by atoms with Crippen molar-refractivity contribution in [1.82, 2.24) is 14.8 Å². The summed E-state index contributed by atoms with van der Waals surface area (Å²) in [6.07, 6.45) is 3.87. The zero-order valence-electron chi connectivity index (χ0n) is 19.2. The summed E-state index contributed by atoms with van der Waals surface area (Å²) in [5.41, 5.74) is 4.46. The number of nitrogens with one attached hydrogen (secondary N) is 1. The standard InChI is InChI=1S/C29H25N3O3/c33-27(31-14-12-20(13-15-31)25-17-30-26-9-5-4-8-22(25)26)21-10-11-23-24(16-21)29(35)32(28(23)34)18-19-6-2-1-3-7-19/h1-11,16-17,20,30H,12-15,18H2. The van der Waals surface area contributed by atoms with Gasteiger partial charge in [-0.15, -0.1) is 0 Å². The second-order valence-electron chi connectivity index (χ2n) is 9.30. The third-order valence-electron chi connectivity index (χ3n) is 7.24. The lowest BCUT2D eigenvalue weighted by Gasteiger charge is -2.32. The molecule has 0 atom stereocenters. The van der Waals surface area contributed by atoms with E-state index in [1.165, 1.54) is 15.8 Å². The van der Waals surface area contributed by atoms with Crippen LogP contribution in [-0.2, 0) is 6.54 Å². The van der Waals surface area contributed by atoms with Crippen LogP contribution in [0.2, 0.25) is 0 Å². The van der Waals surface area contributed by atoms with Crippen molar-refractivity contribution in [2.45, 2.75) is 25.3 Å². The molecule has 1 aromatic heterocycles. The van der Waals surface area contributed by atoms with Gasteiger partial charge in [-0.2, -0.15) is 0 Å². The van der Waals surface area contributed by atoms with E-state index in [0.29, 0.717) is 35.7 Å². The average molecular weight is 464 g/mol. The van der Waals surface area contributed by atoms with E-state index in [4.69, 9.17) is 0 Å². The Kier molecular flexibility index (Phi) is 5.21. The summed E-state index contributed by atoms with van der Waals surface area (Å²) in [5.74, 6) is -0.346. The summed E-state index contributed by atoms with van der Waals surface area (Å²) < 4.78 is 0. The minimum atomic E-state index is -0.346. The molecular weight excluding hydrogens is 438 g/mol. The summed E-state index contributed by atoms with van der Waals surface area (Å²) in [4.78, 5) is 45.6. The second kappa shape index (κ2) is 8.55. The Bertz CT molecular complexity index is 1450. The predicted octanol–water partition coefficient (Wildman–Crippen LogP) is 4.98. The van der Waals surface area contributed by atoms with Crippen LogP contribution in [0, 0.1) is 0 Å². The van der Waals surface area contributed by atoms with Gasteiger partial charge < -0.3 is 9.88 Å². The molecule has 1 fully saturated rings. The first-order valence-electron chi connectivity index (χ1n) is 12.0. The molecule has 0 bridgehead atoms. The van der Waals surface area contributed by atoms with E-state index in [1.807, 2.05) is 41.3 Å². The van der Waals surface area contributed by atoms with Gasteiger partial charge >= 0.3 is 0 Å². The summed E-state index contributed by atoms with van der Waals surface area (Å²) in [7, 11) is 0. The minimum absolute atomic E-state index is 0.0908. The molecule has 35 heavy (non-hydrogen) atoms.